The molecule has 2 aliphatic heterocycles. The second-order valence-corrected chi connectivity index (χ2v) is 8.63. The molecular weight excluding hydrogens is 364 g/mol. The number of benzene rings is 1. The van der Waals surface area contributed by atoms with Crippen molar-refractivity contribution in [3.63, 3.8) is 0 Å². The molecule has 3 aliphatic rings. The van der Waals surface area contributed by atoms with Gasteiger partial charge in [0.25, 0.3) is 11.5 Å². The van der Waals surface area contributed by atoms with Gasteiger partial charge in [0.1, 0.15) is 11.3 Å². The molecule has 1 amide bonds. The summed E-state index contributed by atoms with van der Waals surface area (Å²) in [6, 6.07) is 9.90. The molecular formula is C24H28N2O3. The predicted octanol–water partition coefficient (Wildman–Crippen LogP) is 3.56. The smallest absolute Gasteiger partial charge is 0.259 e. The predicted molar refractivity (Wildman–Crippen MR) is 111 cm³/mol. The first kappa shape index (κ1) is 18.5. The Hall–Kier alpha value is -2.56. The van der Waals surface area contributed by atoms with Gasteiger partial charge in [-0.1, -0.05) is 30.7 Å². The minimum Gasteiger partial charge on any atom is -0.492 e. The van der Waals surface area contributed by atoms with Crippen LogP contribution in [0.4, 0.5) is 0 Å². The molecule has 2 aromatic rings. The van der Waals surface area contributed by atoms with Gasteiger partial charge in [0.15, 0.2) is 0 Å². The minimum atomic E-state index is -0.0340. The Morgan fingerprint density at radius 2 is 1.86 bits per heavy atom. The molecule has 0 bridgehead atoms. The molecule has 1 aromatic heterocycles. The normalized spacial score (nSPS) is 18.6. The molecule has 0 spiro atoms. The van der Waals surface area contributed by atoms with E-state index in [2.05, 4.69) is 18.2 Å². The van der Waals surface area contributed by atoms with Gasteiger partial charge in [-0.2, -0.15) is 0 Å². The van der Waals surface area contributed by atoms with Crippen LogP contribution in [0.3, 0.4) is 0 Å². The van der Waals surface area contributed by atoms with Crippen LogP contribution in [0.5, 0.6) is 5.75 Å². The largest absolute Gasteiger partial charge is 0.492 e. The lowest BCUT2D eigenvalue weighted by Gasteiger charge is -2.30. The molecule has 152 valence electrons. The van der Waals surface area contributed by atoms with Gasteiger partial charge in [-0.25, -0.2) is 0 Å². The summed E-state index contributed by atoms with van der Waals surface area (Å²) in [7, 11) is 0. The van der Waals surface area contributed by atoms with E-state index < -0.39 is 0 Å². The second kappa shape index (κ2) is 7.69. The van der Waals surface area contributed by atoms with E-state index in [1.807, 2.05) is 15.5 Å². The maximum Gasteiger partial charge on any atom is 0.259 e. The first-order chi connectivity index (χ1) is 14.2. The molecule has 1 saturated carbocycles. The van der Waals surface area contributed by atoms with Crippen molar-refractivity contribution in [2.45, 2.75) is 58.0 Å². The highest BCUT2D eigenvalue weighted by Crippen LogP contribution is 2.32. The van der Waals surface area contributed by atoms with Gasteiger partial charge in [-0.15, -0.1) is 0 Å². The molecule has 29 heavy (non-hydrogen) atoms. The molecule has 0 radical (unpaired) electrons. The third-order valence-electron chi connectivity index (χ3n) is 6.48. The van der Waals surface area contributed by atoms with Crippen LogP contribution in [-0.4, -0.2) is 28.5 Å². The molecule has 5 heteroatoms. The summed E-state index contributed by atoms with van der Waals surface area (Å²) in [6.07, 6.45) is 7.07. The van der Waals surface area contributed by atoms with Crippen molar-refractivity contribution in [3.8, 4) is 5.75 Å². The van der Waals surface area contributed by atoms with Gasteiger partial charge < -0.3 is 14.2 Å². The summed E-state index contributed by atoms with van der Waals surface area (Å²) in [5.74, 6) is 1.08. The topological polar surface area (TPSA) is 51.5 Å². The van der Waals surface area contributed by atoms with Crippen molar-refractivity contribution in [3.05, 3.63) is 63.1 Å². The summed E-state index contributed by atoms with van der Waals surface area (Å²) in [4.78, 5) is 28.4. The summed E-state index contributed by atoms with van der Waals surface area (Å²) in [6.45, 7) is 2.62. The van der Waals surface area contributed by atoms with Gasteiger partial charge in [0.2, 0.25) is 0 Å². The molecule has 1 aromatic carbocycles. The van der Waals surface area contributed by atoms with Crippen LogP contribution in [0.25, 0.3) is 0 Å². The van der Waals surface area contributed by atoms with Crippen LogP contribution in [-0.2, 0) is 25.9 Å². The van der Waals surface area contributed by atoms with Gasteiger partial charge in [0.05, 0.1) is 6.61 Å². The quantitative estimate of drug-likeness (QED) is 0.799. The molecule has 5 rings (SSSR count). The maximum atomic E-state index is 13.7. The van der Waals surface area contributed by atoms with E-state index in [-0.39, 0.29) is 11.5 Å². The van der Waals surface area contributed by atoms with Crippen LogP contribution in [0.2, 0.25) is 0 Å². The number of carbonyl (C=O) groups excluding carboxylic acids is 1. The molecule has 0 N–H and O–H groups in total. The van der Waals surface area contributed by atoms with Crippen molar-refractivity contribution in [1.82, 2.24) is 9.47 Å². The third kappa shape index (κ3) is 3.70. The fourth-order valence-electron chi connectivity index (χ4n) is 4.58. The zero-order valence-corrected chi connectivity index (χ0v) is 16.9. The fourth-order valence-corrected chi connectivity index (χ4v) is 4.58. The van der Waals surface area contributed by atoms with Crippen molar-refractivity contribution < 1.29 is 9.53 Å². The standard InChI is InChI=1S/C24H28N2O3/c27-22-14-21(29-16-17-9-10-17)23(20-8-2-1-5-12-26(20)22)24(28)25-13-11-18-6-3-4-7-19(18)15-25/h3-4,6-7,14,17H,1-2,5,8-13,15-16H2. The molecule has 0 saturated heterocycles. The Morgan fingerprint density at radius 1 is 1.03 bits per heavy atom. The summed E-state index contributed by atoms with van der Waals surface area (Å²) in [5.41, 5.74) is 4.01. The lowest BCUT2D eigenvalue weighted by molar-refractivity contribution is 0.0727. The SMILES string of the molecule is O=C(c1c(OCC2CC2)cc(=O)n2c1CCCCC2)N1CCc2ccccc2C1. The van der Waals surface area contributed by atoms with E-state index in [1.54, 1.807) is 6.07 Å². The van der Waals surface area contributed by atoms with Crippen LogP contribution >= 0.6 is 0 Å². The van der Waals surface area contributed by atoms with E-state index in [9.17, 15) is 9.59 Å². The van der Waals surface area contributed by atoms with E-state index in [4.69, 9.17) is 4.74 Å². The van der Waals surface area contributed by atoms with E-state index in [1.165, 1.54) is 24.0 Å². The number of fused-ring (bicyclic) bond motifs is 2. The number of hydrogen-bond acceptors (Lipinski definition) is 3. The maximum absolute atomic E-state index is 13.7. The number of pyridine rings is 1. The molecule has 1 fully saturated rings. The van der Waals surface area contributed by atoms with Crippen LogP contribution < -0.4 is 10.3 Å². The summed E-state index contributed by atoms with van der Waals surface area (Å²) >= 11 is 0. The number of carbonyl (C=O) groups is 1. The zero-order valence-electron chi connectivity index (χ0n) is 16.9. The number of hydrogen-bond donors (Lipinski definition) is 0. The van der Waals surface area contributed by atoms with Crippen LogP contribution in [0.15, 0.2) is 35.1 Å². The Morgan fingerprint density at radius 3 is 2.69 bits per heavy atom. The number of nitrogens with zero attached hydrogens (tertiary/aromatic N) is 2. The fraction of sp³-hybridized carbons (Fsp3) is 0.500. The van der Waals surface area contributed by atoms with Gasteiger partial charge in [-0.05, 0) is 55.6 Å². The average molecular weight is 392 g/mol. The molecule has 0 unspecified atom stereocenters. The van der Waals surface area contributed by atoms with E-state index in [0.717, 1.165) is 37.8 Å². The lowest BCUT2D eigenvalue weighted by Crippen LogP contribution is -2.38. The van der Waals surface area contributed by atoms with Crippen molar-refractivity contribution >= 4 is 5.91 Å². The van der Waals surface area contributed by atoms with Crippen molar-refractivity contribution in [2.75, 3.05) is 13.2 Å². The summed E-state index contributed by atoms with van der Waals surface area (Å²) in [5, 5.41) is 0. The van der Waals surface area contributed by atoms with E-state index in [0.29, 0.717) is 43.5 Å². The molecule has 0 atom stereocenters. The number of rotatable bonds is 4. The highest BCUT2D eigenvalue weighted by atomic mass is 16.5. The Balaban J connectivity index is 1.53. The van der Waals surface area contributed by atoms with Crippen LogP contribution in [0.1, 0.15) is 59.3 Å². The monoisotopic (exact) mass is 392 g/mol. The zero-order chi connectivity index (χ0) is 19.8. The number of aromatic nitrogens is 1. The molecule has 5 nitrogen and oxygen atoms in total. The first-order valence-electron chi connectivity index (χ1n) is 11.0. The third-order valence-corrected chi connectivity index (χ3v) is 6.48. The Kier molecular flexibility index (Phi) is 4.90. The second-order valence-electron chi connectivity index (χ2n) is 8.63. The van der Waals surface area contributed by atoms with E-state index >= 15 is 0 Å². The van der Waals surface area contributed by atoms with Crippen molar-refractivity contribution in [2.24, 2.45) is 5.92 Å². The average Bonchev–Trinajstić information content (AvgIpc) is 3.58. The minimum absolute atomic E-state index is 0.0101. The van der Waals surface area contributed by atoms with Gasteiger partial charge >= 0.3 is 0 Å². The Labute approximate surface area is 171 Å². The van der Waals surface area contributed by atoms with Gasteiger partial charge in [-0.3, -0.25) is 9.59 Å². The molecule has 3 heterocycles. The Bertz CT molecular complexity index is 990. The highest BCUT2D eigenvalue weighted by molar-refractivity contribution is 5.98. The lowest BCUT2D eigenvalue weighted by atomic mass is 9.98. The van der Waals surface area contributed by atoms with Crippen LogP contribution in [0, 0.1) is 5.92 Å². The molecule has 1 aliphatic carbocycles. The van der Waals surface area contributed by atoms with Crippen molar-refractivity contribution in [1.29, 1.82) is 0 Å². The highest BCUT2D eigenvalue weighted by Gasteiger charge is 2.30. The first-order valence-corrected chi connectivity index (χ1v) is 11.0. The number of amides is 1. The van der Waals surface area contributed by atoms with Gasteiger partial charge in [0, 0.05) is 31.4 Å². The number of ether oxygens (including phenoxy) is 1. The summed E-state index contributed by atoms with van der Waals surface area (Å²) < 4.78 is 7.89.